The monoisotopic (exact) mass is 308 g/mol. The minimum Gasteiger partial charge on any atom is -0.395 e. The number of carbonyl (C=O) groups excluding carboxylic acids is 2. The number of carbonyl (C=O) groups is 2. The molecule has 0 radical (unpaired) electrons. The van der Waals surface area contributed by atoms with Crippen LogP contribution >= 0.6 is 0 Å². The quantitative estimate of drug-likeness (QED) is 0.252. The second-order valence-electron chi connectivity index (χ2n) is 4.37. The zero-order valence-electron chi connectivity index (χ0n) is 11.9. The molecule has 0 aromatic rings. The lowest BCUT2D eigenvalue weighted by Gasteiger charge is -2.24. The first-order chi connectivity index (χ1) is 9.96. The van der Waals surface area contributed by atoms with Crippen molar-refractivity contribution < 1.29 is 35.1 Å². The summed E-state index contributed by atoms with van der Waals surface area (Å²) in [5.74, 6) is -0.876. The van der Waals surface area contributed by atoms with Crippen LogP contribution in [0.1, 0.15) is 12.8 Å². The van der Waals surface area contributed by atoms with Crippen molar-refractivity contribution in [2.75, 3.05) is 46.0 Å². The predicted molar refractivity (Wildman–Crippen MR) is 71.9 cm³/mol. The molecule has 0 heterocycles. The van der Waals surface area contributed by atoms with Gasteiger partial charge in [-0.15, -0.1) is 0 Å². The van der Waals surface area contributed by atoms with Gasteiger partial charge in [-0.1, -0.05) is 0 Å². The zero-order valence-corrected chi connectivity index (χ0v) is 11.9. The van der Waals surface area contributed by atoms with Crippen LogP contribution in [0.2, 0.25) is 0 Å². The highest BCUT2D eigenvalue weighted by atomic mass is 16.5. The Bertz CT molecular complexity index is 306. The average molecular weight is 308 g/mol. The summed E-state index contributed by atoms with van der Waals surface area (Å²) in [5.41, 5.74) is 0. The highest BCUT2D eigenvalue weighted by Gasteiger charge is 2.19. The maximum Gasteiger partial charge on any atom is 0.223 e. The van der Waals surface area contributed by atoms with Crippen LogP contribution in [-0.4, -0.2) is 99.4 Å². The van der Waals surface area contributed by atoms with E-state index in [-0.39, 0.29) is 64.7 Å². The van der Waals surface area contributed by atoms with Gasteiger partial charge in [0, 0.05) is 32.5 Å². The molecule has 5 N–H and O–H groups in total. The number of amides is 2. The first-order valence-electron chi connectivity index (χ1n) is 6.70. The standard InChI is InChI=1S/C12H24N2O7/c15-6-3-13(4-7-16)10(18)1-2-11(19)14(5-8-17)9-12(20)21/h12,15-17,20-21H,1-9H2. The van der Waals surface area contributed by atoms with Crippen LogP contribution in [0.15, 0.2) is 0 Å². The fourth-order valence-corrected chi connectivity index (χ4v) is 1.77. The average Bonchev–Trinajstić information content (AvgIpc) is 2.43. The molecule has 2 amide bonds. The normalized spacial score (nSPS) is 10.8. The summed E-state index contributed by atoms with van der Waals surface area (Å²) in [4.78, 5) is 25.9. The van der Waals surface area contributed by atoms with Gasteiger partial charge in [0.1, 0.15) is 0 Å². The van der Waals surface area contributed by atoms with E-state index in [4.69, 9.17) is 25.5 Å². The summed E-state index contributed by atoms with van der Waals surface area (Å²) in [7, 11) is 0. The van der Waals surface area contributed by atoms with Gasteiger partial charge in [0.15, 0.2) is 6.29 Å². The van der Waals surface area contributed by atoms with Gasteiger partial charge < -0.3 is 35.3 Å². The van der Waals surface area contributed by atoms with Crippen LogP contribution in [0.5, 0.6) is 0 Å². The Morgan fingerprint density at radius 1 is 0.762 bits per heavy atom. The molecule has 0 atom stereocenters. The molecule has 124 valence electrons. The minimum atomic E-state index is -1.71. The molecule has 0 aromatic carbocycles. The van der Waals surface area contributed by atoms with Gasteiger partial charge in [-0.3, -0.25) is 9.59 Å². The number of nitrogens with zero attached hydrogens (tertiary/aromatic N) is 2. The lowest BCUT2D eigenvalue weighted by molar-refractivity contribution is -0.141. The number of hydrogen-bond donors (Lipinski definition) is 5. The second-order valence-corrected chi connectivity index (χ2v) is 4.37. The predicted octanol–water partition coefficient (Wildman–Crippen LogP) is -3.29. The molecular formula is C12H24N2O7. The summed E-state index contributed by atoms with van der Waals surface area (Å²) in [6.07, 6.45) is -1.99. The molecule has 0 aromatic heterocycles. The van der Waals surface area contributed by atoms with Crippen molar-refractivity contribution in [1.82, 2.24) is 9.80 Å². The summed E-state index contributed by atoms with van der Waals surface area (Å²) < 4.78 is 0. The Morgan fingerprint density at radius 2 is 1.14 bits per heavy atom. The molecule has 0 saturated heterocycles. The largest absolute Gasteiger partial charge is 0.395 e. The molecule has 9 nitrogen and oxygen atoms in total. The van der Waals surface area contributed by atoms with Gasteiger partial charge in [-0.25, -0.2) is 0 Å². The van der Waals surface area contributed by atoms with Gasteiger partial charge in [-0.05, 0) is 0 Å². The van der Waals surface area contributed by atoms with Crippen molar-refractivity contribution in [1.29, 1.82) is 0 Å². The Balaban J connectivity index is 4.37. The number of hydrogen-bond acceptors (Lipinski definition) is 7. The third kappa shape index (κ3) is 8.58. The van der Waals surface area contributed by atoms with E-state index in [1.54, 1.807) is 0 Å². The van der Waals surface area contributed by atoms with Crippen molar-refractivity contribution >= 4 is 11.8 Å². The molecule has 0 bridgehead atoms. The van der Waals surface area contributed by atoms with Crippen LogP contribution in [0.4, 0.5) is 0 Å². The fraction of sp³-hybridized carbons (Fsp3) is 0.833. The summed E-state index contributed by atoms with van der Waals surface area (Å²) >= 11 is 0. The van der Waals surface area contributed by atoms with Gasteiger partial charge in [0.2, 0.25) is 11.8 Å². The molecule has 0 aliphatic heterocycles. The van der Waals surface area contributed by atoms with Crippen LogP contribution in [-0.2, 0) is 9.59 Å². The Hall–Kier alpha value is -1.26. The summed E-state index contributed by atoms with van der Waals surface area (Å²) in [5, 5.41) is 44.1. The molecule has 0 unspecified atom stereocenters. The third-order valence-electron chi connectivity index (χ3n) is 2.75. The van der Waals surface area contributed by atoms with E-state index in [0.29, 0.717) is 0 Å². The maximum absolute atomic E-state index is 11.8. The highest BCUT2D eigenvalue weighted by Crippen LogP contribution is 2.03. The molecule has 9 heteroatoms. The van der Waals surface area contributed by atoms with Crippen molar-refractivity contribution in [3.05, 3.63) is 0 Å². The van der Waals surface area contributed by atoms with E-state index in [1.165, 1.54) is 4.90 Å². The third-order valence-corrected chi connectivity index (χ3v) is 2.75. The first kappa shape index (κ1) is 19.7. The van der Waals surface area contributed by atoms with E-state index in [9.17, 15) is 9.59 Å². The Morgan fingerprint density at radius 3 is 1.52 bits per heavy atom. The molecule has 0 aliphatic rings. The lowest BCUT2D eigenvalue weighted by atomic mass is 10.2. The Labute approximate surface area is 123 Å². The second kappa shape index (κ2) is 11.4. The van der Waals surface area contributed by atoms with E-state index in [0.717, 1.165) is 4.90 Å². The fourth-order valence-electron chi connectivity index (χ4n) is 1.77. The van der Waals surface area contributed by atoms with Crippen molar-refractivity contribution in [2.24, 2.45) is 0 Å². The van der Waals surface area contributed by atoms with Gasteiger partial charge in [0.25, 0.3) is 0 Å². The van der Waals surface area contributed by atoms with Crippen LogP contribution in [0.25, 0.3) is 0 Å². The topological polar surface area (TPSA) is 142 Å². The van der Waals surface area contributed by atoms with Crippen LogP contribution in [0.3, 0.4) is 0 Å². The van der Waals surface area contributed by atoms with Crippen LogP contribution in [0, 0.1) is 0 Å². The summed E-state index contributed by atoms with van der Waals surface area (Å²) in [6, 6.07) is 0. The molecule has 0 rings (SSSR count). The molecular weight excluding hydrogens is 284 g/mol. The van der Waals surface area contributed by atoms with E-state index >= 15 is 0 Å². The smallest absolute Gasteiger partial charge is 0.223 e. The van der Waals surface area contributed by atoms with Gasteiger partial charge >= 0.3 is 0 Å². The molecule has 21 heavy (non-hydrogen) atoms. The molecule has 0 aliphatic carbocycles. The molecule has 0 spiro atoms. The first-order valence-corrected chi connectivity index (χ1v) is 6.70. The van der Waals surface area contributed by atoms with Crippen LogP contribution < -0.4 is 0 Å². The van der Waals surface area contributed by atoms with E-state index < -0.39 is 12.2 Å². The van der Waals surface area contributed by atoms with Crippen molar-refractivity contribution in [3.63, 3.8) is 0 Å². The minimum absolute atomic E-state index is 0.0539. The molecule has 0 fully saturated rings. The highest BCUT2D eigenvalue weighted by molar-refractivity contribution is 5.83. The zero-order chi connectivity index (χ0) is 16.3. The lowest BCUT2D eigenvalue weighted by Crippen LogP contribution is -2.40. The number of aliphatic hydroxyl groups excluding tert-OH is 4. The van der Waals surface area contributed by atoms with Gasteiger partial charge in [0.05, 0.1) is 26.4 Å². The van der Waals surface area contributed by atoms with Crippen molar-refractivity contribution in [2.45, 2.75) is 19.1 Å². The SMILES string of the molecule is O=C(CCC(=O)N(CCO)CC(O)O)N(CCO)CCO. The van der Waals surface area contributed by atoms with E-state index in [1.807, 2.05) is 0 Å². The van der Waals surface area contributed by atoms with E-state index in [2.05, 4.69) is 0 Å². The molecule has 0 saturated carbocycles. The summed E-state index contributed by atoms with van der Waals surface area (Å²) in [6.45, 7) is -1.06. The maximum atomic E-state index is 11.8. The number of rotatable bonds is 11. The Kier molecular flexibility index (Phi) is 10.7. The van der Waals surface area contributed by atoms with Gasteiger partial charge in [-0.2, -0.15) is 0 Å². The van der Waals surface area contributed by atoms with Crippen molar-refractivity contribution in [3.8, 4) is 0 Å². The number of aliphatic hydroxyl groups is 5.